The maximum Gasteiger partial charge on any atom is 0.246 e. The van der Waals surface area contributed by atoms with Crippen molar-refractivity contribution in [2.75, 3.05) is 7.05 Å². The lowest BCUT2D eigenvalue weighted by Crippen LogP contribution is -2.26. The first kappa shape index (κ1) is 15.0. The number of benzene rings is 1. The summed E-state index contributed by atoms with van der Waals surface area (Å²) in [6.07, 6.45) is 1.46. The normalized spacial score (nSPS) is 11.8. The quantitative estimate of drug-likeness (QED) is 0.816. The van der Waals surface area contributed by atoms with Crippen LogP contribution in [0, 0.1) is 6.92 Å². The molecule has 0 fully saturated rings. The molecular weight excluding hydrogens is 296 g/mol. The van der Waals surface area contributed by atoms with Crippen molar-refractivity contribution in [1.82, 2.24) is 9.29 Å². The van der Waals surface area contributed by atoms with Crippen molar-refractivity contribution in [2.24, 2.45) is 0 Å². The van der Waals surface area contributed by atoms with Gasteiger partial charge >= 0.3 is 0 Å². The summed E-state index contributed by atoms with van der Waals surface area (Å²) in [5.41, 5.74) is 2.02. The predicted molar refractivity (Wildman–Crippen MR) is 79.1 cm³/mol. The van der Waals surface area contributed by atoms with Gasteiger partial charge in [-0.25, -0.2) is 13.4 Å². The Morgan fingerprint density at radius 2 is 2.00 bits per heavy atom. The van der Waals surface area contributed by atoms with Crippen LogP contribution in [-0.2, 0) is 16.6 Å². The van der Waals surface area contributed by atoms with E-state index in [2.05, 4.69) is 4.98 Å². The van der Waals surface area contributed by atoms with Crippen LogP contribution in [0.4, 0.5) is 0 Å². The lowest BCUT2D eigenvalue weighted by atomic mass is 10.1. The van der Waals surface area contributed by atoms with Crippen LogP contribution >= 0.6 is 11.6 Å². The Labute approximate surface area is 124 Å². The van der Waals surface area contributed by atoms with Crippen LogP contribution in [0.5, 0.6) is 0 Å². The largest absolute Gasteiger partial charge is 0.246 e. The Morgan fingerprint density at radius 1 is 1.25 bits per heavy atom. The third-order valence-corrected chi connectivity index (χ3v) is 5.15. The molecule has 2 aromatic rings. The fraction of sp³-hybridized carbons (Fsp3) is 0.214. The molecule has 0 N–H and O–H groups in total. The minimum atomic E-state index is -3.64. The van der Waals surface area contributed by atoms with Gasteiger partial charge < -0.3 is 0 Å². The van der Waals surface area contributed by atoms with Gasteiger partial charge in [0.25, 0.3) is 0 Å². The molecule has 0 aliphatic heterocycles. The van der Waals surface area contributed by atoms with E-state index in [1.165, 1.54) is 23.6 Å². The molecule has 1 aromatic heterocycles. The number of hydrogen-bond donors (Lipinski definition) is 0. The first-order valence-electron chi connectivity index (χ1n) is 6.03. The minimum absolute atomic E-state index is 0.0106. The number of aromatic nitrogens is 1. The molecule has 0 aliphatic carbocycles. The van der Waals surface area contributed by atoms with Gasteiger partial charge in [-0.15, -0.1) is 0 Å². The first-order chi connectivity index (χ1) is 9.41. The van der Waals surface area contributed by atoms with Crippen LogP contribution in [0.2, 0.25) is 5.15 Å². The topological polar surface area (TPSA) is 50.3 Å². The molecule has 0 amide bonds. The Morgan fingerprint density at radius 3 is 2.65 bits per heavy atom. The summed E-state index contributed by atoms with van der Waals surface area (Å²) in [5, 5.41) is -0.0106. The second-order valence-corrected chi connectivity index (χ2v) is 6.91. The van der Waals surface area contributed by atoms with Gasteiger partial charge in [-0.2, -0.15) is 4.31 Å². The lowest BCUT2D eigenvalue weighted by Gasteiger charge is -2.18. The second kappa shape index (κ2) is 5.91. The molecule has 0 bridgehead atoms. The average molecular weight is 311 g/mol. The van der Waals surface area contributed by atoms with Gasteiger partial charge in [-0.05, 0) is 24.6 Å². The Hall–Kier alpha value is -1.43. The van der Waals surface area contributed by atoms with E-state index in [0.29, 0.717) is 0 Å². The van der Waals surface area contributed by atoms with Crippen LogP contribution in [0.25, 0.3) is 0 Å². The number of aryl methyl sites for hydroxylation is 1. The summed E-state index contributed by atoms with van der Waals surface area (Å²) in [6, 6.07) is 10.7. The Balaban J connectivity index is 2.29. The van der Waals surface area contributed by atoms with Gasteiger partial charge in [0.15, 0.2) is 0 Å². The van der Waals surface area contributed by atoms with Gasteiger partial charge in [0.2, 0.25) is 10.0 Å². The molecule has 20 heavy (non-hydrogen) atoms. The minimum Gasteiger partial charge on any atom is -0.243 e. The first-order valence-corrected chi connectivity index (χ1v) is 7.85. The van der Waals surface area contributed by atoms with Gasteiger partial charge in [0.05, 0.1) is 0 Å². The van der Waals surface area contributed by atoms with Crippen LogP contribution in [0.3, 0.4) is 0 Å². The van der Waals surface area contributed by atoms with Crippen LogP contribution < -0.4 is 0 Å². The standard InChI is InChI=1S/C14H15ClN2O2S/c1-11-5-3-6-12(9-11)10-17(2)20(18,19)13-7-4-8-16-14(13)15/h3-9H,10H2,1-2H3. The Bertz CT molecular complexity index is 717. The number of pyridine rings is 1. The smallest absolute Gasteiger partial charge is 0.243 e. The summed E-state index contributed by atoms with van der Waals surface area (Å²) in [5.74, 6) is 0. The summed E-state index contributed by atoms with van der Waals surface area (Å²) < 4.78 is 26.2. The molecule has 0 saturated heterocycles. The lowest BCUT2D eigenvalue weighted by molar-refractivity contribution is 0.466. The molecular formula is C14H15ClN2O2S. The molecule has 0 spiro atoms. The molecule has 0 radical (unpaired) electrons. The van der Waals surface area contributed by atoms with E-state index in [-0.39, 0.29) is 16.6 Å². The van der Waals surface area contributed by atoms with E-state index < -0.39 is 10.0 Å². The molecule has 106 valence electrons. The number of rotatable bonds is 4. The zero-order valence-electron chi connectivity index (χ0n) is 11.2. The summed E-state index contributed by atoms with van der Waals surface area (Å²) in [6.45, 7) is 2.26. The highest BCUT2D eigenvalue weighted by atomic mass is 35.5. The highest BCUT2D eigenvalue weighted by Gasteiger charge is 2.24. The molecule has 6 heteroatoms. The summed E-state index contributed by atoms with van der Waals surface area (Å²) in [7, 11) is -2.11. The SMILES string of the molecule is Cc1cccc(CN(C)S(=O)(=O)c2cccnc2Cl)c1. The van der Waals surface area contributed by atoms with E-state index >= 15 is 0 Å². The molecule has 4 nitrogen and oxygen atoms in total. The van der Waals surface area contributed by atoms with Crippen LogP contribution in [0.1, 0.15) is 11.1 Å². The zero-order chi connectivity index (χ0) is 14.8. The number of halogens is 1. The second-order valence-electron chi connectivity index (χ2n) is 4.54. The number of sulfonamides is 1. The molecule has 0 aliphatic rings. The molecule has 0 unspecified atom stereocenters. The van der Waals surface area contributed by atoms with Crippen molar-refractivity contribution in [3.8, 4) is 0 Å². The van der Waals surface area contributed by atoms with E-state index in [9.17, 15) is 8.42 Å². The van der Waals surface area contributed by atoms with Gasteiger partial charge in [-0.3, -0.25) is 0 Å². The molecule has 0 atom stereocenters. The van der Waals surface area contributed by atoms with Crippen molar-refractivity contribution in [2.45, 2.75) is 18.4 Å². The van der Waals surface area contributed by atoms with Crippen molar-refractivity contribution < 1.29 is 8.42 Å². The fourth-order valence-electron chi connectivity index (χ4n) is 1.88. The van der Waals surface area contributed by atoms with Crippen LogP contribution in [-0.4, -0.2) is 24.8 Å². The zero-order valence-corrected chi connectivity index (χ0v) is 12.8. The van der Waals surface area contributed by atoms with Crippen molar-refractivity contribution in [3.63, 3.8) is 0 Å². The van der Waals surface area contributed by atoms with Crippen LogP contribution in [0.15, 0.2) is 47.5 Å². The Kier molecular flexibility index (Phi) is 4.42. The number of hydrogen-bond acceptors (Lipinski definition) is 3. The van der Waals surface area contributed by atoms with Gasteiger partial charge in [-0.1, -0.05) is 41.4 Å². The summed E-state index contributed by atoms with van der Waals surface area (Å²) in [4.78, 5) is 3.83. The monoisotopic (exact) mass is 310 g/mol. The molecule has 0 saturated carbocycles. The third kappa shape index (κ3) is 3.17. The van der Waals surface area contributed by atoms with E-state index in [1.54, 1.807) is 6.07 Å². The molecule has 1 aromatic carbocycles. The van der Waals surface area contributed by atoms with Crippen molar-refractivity contribution in [1.29, 1.82) is 0 Å². The average Bonchev–Trinajstić information content (AvgIpc) is 2.39. The van der Waals surface area contributed by atoms with Gasteiger partial charge in [0, 0.05) is 19.8 Å². The van der Waals surface area contributed by atoms with Gasteiger partial charge in [0.1, 0.15) is 10.0 Å². The molecule has 2 rings (SSSR count). The fourth-order valence-corrected chi connectivity index (χ4v) is 3.47. The molecule has 1 heterocycles. The number of nitrogens with zero attached hydrogens (tertiary/aromatic N) is 2. The maximum absolute atomic E-state index is 12.4. The van der Waals surface area contributed by atoms with Crippen molar-refractivity contribution in [3.05, 3.63) is 58.9 Å². The highest BCUT2D eigenvalue weighted by Crippen LogP contribution is 2.22. The van der Waals surface area contributed by atoms with E-state index in [0.717, 1.165) is 11.1 Å². The maximum atomic E-state index is 12.4. The summed E-state index contributed by atoms with van der Waals surface area (Å²) >= 11 is 5.86. The van der Waals surface area contributed by atoms with E-state index in [1.807, 2.05) is 31.2 Å². The van der Waals surface area contributed by atoms with E-state index in [4.69, 9.17) is 11.6 Å². The van der Waals surface area contributed by atoms with Crippen molar-refractivity contribution >= 4 is 21.6 Å². The highest BCUT2D eigenvalue weighted by molar-refractivity contribution is 7.89. The third-order valence-electron chi connectivity index (χ3n) is 2.90. The predicted octanol–water partition coefficient (Wildman–Crippen LogP) is 2.86.